The van der Waals surface area contributed by atoms with Gasteiger partial charge in [0.2, 0.25) is 11.7 Å². The quantitative estimate of drug-likeness (QED) is 0.650. The number of ether oxygens (including phenoxy) is 2. The van der Waals surface area contributed by atoms with E-state index in [0.717, 1.165) is 11.3 Å². The maximum Gasteiger partial charge on any atom is 0.265 e. The summed E-state index contributed by atoms with van der Waals surface area (Å²) >= 11 is 0. The SMILES string of the molecule is CC(C)COc1ccc(-c2noc(CN3C(=O)COc4ccccc43)n2)cc1. The molecule has 2 aromatic carbocycles. The average Bonchev–Trinajstić information content (AvgIpc) is 3.18. The van der Waals surface area contributed by atoms with Crippen LogP contribution in [0.4, 0.5) is 5.69 Å². The Morgan fingerprint density at radius 2 is 1.93 bits per heavy atom. The number of nitrogens with zero attached hydrogens (tertiary/aromatic N) is 3. The zero-order chi connectivity index (χ0) is 19.5. The van der Waals surface area contributed by atoms with Gasteiger partial charge in [-0.25, -0.2) is 0 Å². The highest BCUT2D eigenvalue weighted by Crippen LogP contribution is 2.32. The van der Waals surface area contributed by atoms with Crippen molar-refractivity contribution in [2.75, 3.05) is 18.1 Å². The van der Waals surface area contributed by atoms with E-state index in [1.54, 1.807) is 4.90 Å². The Bertz CT molecular complexity index is 966. The van der Waals surface area contributed by atoms with E-state index in [9.17, 15) is 4.79 Å². The summed E-state index contributed by atoms with van der Waals surface area (Å²) in [4.78, 5) is 18.3. The second-order valence-corrected chi connectivity index (χ2v) is 6.98. The molecule has 0 saturated carbocycles. The van der Waals surface area contributed by atoms with Crippen molar-refractivity contribution < 1.29 is 18.8 Å². The van der Waals surface area contributed by atoms with Crippen LogP contribution in [0.15, 0.2) is 53.1 Å². The highest BCUT2D eigenvalue weighted by Gasteiger charge is 2.27. The normalized spacial score (nSPS) is 13.4. The number of fused-ring (bicyclic) bond motifs is 1. The van der Waals surface area contributed by atoms with Crippen LogP contribution in [-0.4, -0.2) is 29.3 Å². The summed E-state index contributed by atoms with van der Waals surface area (Å²) in [7, 11) is 0. The second-order valence-electron chi connectivity index (χ2n) is 6.98. The lowest BCUT2D eigenvalue weighted by molar-refractivity contribution is -0.121. The first-order chi connectivity index (χ1) is 13.6. The van der Waals surface area contributed by atoms with Crippen molar-refractivity contribution in [3.8, 4) is 22.9 Å². The van der Waals surface area contributed by atoms with E-state index >= 15 is 0 Å². The predicted molar refractivity (Wildman–Crippen MR) is 103 cm³/mol. The van der Waals surface area contributed by atoms with Crippen molar-refractivity contribution in [2.45, 2.75) is 20.4 Å². The van der Waals surface area contributed by atoms with Crippen LogP contribution < -0.4 is 14.4 Å². The Morgan fingerprint density at radius 3 is 2.71 bits per heavy atom. The van der Waals surface area contributed by atoms with Gasteiger partial charge in [-0.05, 0) is 42.3 Å². The van der Waals surface area contributed by atoms with Gasteiger partial charge in [0.15, 0.2) is 6.61 Å². The summed E-state index contributed by atoms with van der Waals surface area (Å²) in [6.07, 6.45) is 0. The van der Waals surface area contributed by atoms with Crippen molar-refractivity contribution in [3.05, 3.63) is 54.4 Å². The Kier molecular flexibility index (Phi) is 4.97. The predicted octanol–water partition coefficient (Wildman–Crippen LogP) is 3.70. The first-order valence-corrected chi connectivity index (χ1v) is 9.18. The molecule has 2 heterocycles. The molecular formula is C21H21N3O4. The topological polar surface area (TPSA) is 77.7 Å². The molecule has 1 aromatic heterocycles. The van der Waals surface area contributed by atoms with Gasteiger partial charge in [-0.3, -0.25) is 9.69 Å². The number of carbonyl (C=O) groups is 1. The number of carbonyl (C=O) groups excluding carboxylic acids is 1. The van der Waals surface area contributed by atoms with Crippen LogP contribution >= 0.6 is 0 Å². The minimum Gasteiger partial charge on any atom is -0.493 e. The zero-order valence-corrected chi connectivity index (χ0v) is 15.8. The van der Waals surface area contributed by atoms with Gasteiger partial charge in [0, 0.05) is 5.56 Å². The molecule has 0 atom stereocenters. The van der Waals surface area contributed by atoms with Crippen molar-refractivity contribution in [1.82, 2.24) is 10.1 Å². The van der Waals surface area contributed by atoms with Gasteiger partial charge in [-0.1, -0.05) is 31.1 Å². The molecule has 0 bridgehead atoms. The van der Waals surface area contributed by atoms with Crippen LogP contribution in [0, 0.1) is 5.92 Å². The first kappa shape index (κ1) is 18.0. The Morgan fingerprint density at radius 1 is 1.14 bits per heavy atom. The molecule has 0 fully saturated rings. The van der Waals surface area contributed by atoms with Gasteiger partial charge in [0.1, 0.15) is 18.0 Å². The third-order valence-corrected chi connectivity index (χ3v) is 4.27. The van der Waals surface area contributed by atoms with Crippen LogP contribution in [0.2, 0.25) is 0 Å². The number of para-hydroxylation sites is 2. The largest absolute Gasteiger partial charge is 0.493 e. The average molecular weight is 379 g/mol. The van der Waals surface area contributed by atoms with Gasteiger partial charge >= 0.3 is 0 Å². The molecule has 3 aromatic rings. The van der Waals surface area contributed by atoms with Gasteiger partial charge in [0.25, 0.3) is 5.91 Å². The highest BCUT2D eigenvalue weighted by molar-refractivity contribution is 5.97. The molecule has 1 amide bonds. The van der Waals surface area contributed by atoms with Gasteiger partial charge in [0.05, 0.1) is 12.3 Å². The third kappa shape index (κ3) is 3.83. The van der Waals surface area contributed by atoms with Crippen LogP contribution in [0.1, 0.15) is 19.7 Å². The molecule has 0 radical (unpaired) electrons. The fourth-order valence-electron chi connectivity index (χ4n) is 2.86. The maximum atomic E-state index is 12.3. The number of hydrogen-bond acceptors (Lipinski definition) is 6. The Labute approximate surface area is 162 Å². The molecule has 0 aliphatic carbocycles. The lowest BCUT2D eigenvalue weighted by atomic mass is 10.2. The number of anilines is 1. The maximum absolute atomic E-state index is 12.3. The van der Waals surface area contributed by atoms with Gasteiger partial charge in [-0.15, -0.1) is 0 Å². The molecule has 28 heavy (non-hydrogen) atoms. The molecule has 7 heteroatoms. The van der Waals surface area contributed by atoms with Crippen molar-refractivity contribution in [3.63, 3.8) is 0 Å². The molecular weight excluding hydrogens is 358 g/mol. The van der Waals surface area contributed by atoms with Crippen LogP contribution in [-0.2, 0) is 11.3 Å². The van der Waals surface area contributed by atoms with E-state index in [1.165, 1.54) is 0 Å². The molecule has 1 aliphatic rings. The number of hydrogen-bond donors (Lipinski definition) is 0. The van der Waals surface area contributed by atoms with Crippen LogP contribution in [0.25, 0.3) is 11.4 Å². The van der Waals surface area contributed by atoms with E-state index in [-0.39, 0.29) is 19.1 Å². The summed E-state index contributed by atoms with van der Waals surface area (Å²) in [6.45, 7) is 5.07. The van der Waals surface area contributed by atoms with Gasteiger partial charge < -0.3 is 14.0 Å². The van der Waals surface area contributed by atoms with E-state index in [2.05, 4.69) is 24.0 Å². The van der Waals surface area contributed by atoms with Crippen LogP contribution in [0.3, 0.4) is 0 Å². The molecule has 0 unspecified atom stereocenters. The minimum atomic E-state index is -0.148. The molecule has 0 spiro atoms. The fraction of sp³-hybridized carbons (Fsp3) is 0.286. The molecule has 1 aliphatic heterocycles. The summed E-state index contributed by atoms with van der Waals surface area (Å²) in [5, 5.41) is 4.04. The van der Waals surface area contributed by atoms with Crippen molar-refractivity contribution in [1.29, 1.82) is 0 Å². The van der Waals surface area contributed by atoms with E-state index < -0.39 is 0 Å². The summed E-state index contributed by atoms with van der Waals surface area (Å²) < 4.78 is 16.5. The van der Waals surface area contributed by atoms with Crippen LogP contribution in [0.5, 0.6) is 11.5 Å². The molecule has 7 nitrogen and oxygen atoms in total. The molecule has 144 valence electrons. The minimum absolute atomic E-state index is 0.00412. The monoisotopic (exact) mass is 379 g/mol. The van der Waals surface area contributed by atoms with E-state index in [0.29, 0.717) is 35.7 Å². The van der Waals surface area contributed by atoms with E-state index in [1.807, 2.05) is 48.5 Å². The number of rotatable bonds is 6. The lowest BCUT2D eigenvalue weighted by Crippen LogP contribution is -2.38. The number of amides is 1. The summed E-state index contributed by atoms with van der Waals surface area (Å²) in [6, 6.07) is 14.9. The van der Waals surface area contributed by atoms with E-state index in [4.69, 9.17) is 14.0 Å². The van der Waals surface area contributed by atoms with Crippen molar-refractivity contribution in [2.24, 2.45) is 5.92 Å². The summed E-state index contributed by atoms with van der Waals surface area (Å²) in [5.74, 6) is 2.62. The number of benzene rings is 2. The smallest absolute Gasteiger partial charge is 0.265 e. The second kappa shape index (κ2) is 7.72. The standard InChI is InChI=1S/C21H21N3O4/c1-14(2)12-26-16-9-7-15(8-10-16)21-22-19(28-23-21)11-24-17-5-3-4-6-18(17)27-13-20(24)25/h3-10,14H,11-13H2,1-2H3. The molecule has 0 saturated heterocycles. The van der Waals surface area contributed by atoms with Crippen molar-refractivity contribution >= 4 is 11.6 Å². The highest BCUT2D eigenvalue weighted by atomic mass is 16.5. The summed E-state index contributed by atoms with van der Waals surface area (Å²) in [5.41, 5.74) is 1.52. The number of aromatic nitrogens is 2. The molecule has 4 rings (SSSR count). The Hall–Kier alpha value is -3.35. The van der Waals surface area contributed by atoms with Gasteiger partial charge in [-0.2, -0.15) is 4.98 Å². The fourth-order valence-corrected chi connectivity index (χ4v) is 2.86. The zero-order valence-electron chi connectivity index (χ0n) is 15.8. The first-order valence-electron chi connectivity index (χ1n) is 9.18. The Balaban J connectivity index is 1.48. The lowest BCUT2D eigenvalue weighted by Gasteiger charge is -2.27. The third-order valence-electron chi connectivity index (χ3n) is 4.27. The molecule has 0 N–H and O–H groups in total.